The van der Waals surface area contributed by atoms with Crippen LogP contribution >= 0.6 is 11.8 Å². The van der Waals surface area contributed by atoms with Crippen molar-refractivity contribution in [1.29, 1.82) is 0 Å². The summed E-state index contributed by atoms with van der Waals surface area (Å²) >= 11 is 1.02. The van der Waals surface area contributed by atoms with E-state index in [-0.39, 0.29) is 41.3 Å². The highest BCUT2D eigenvalue weighted by molar-refractivity contribution is 8.14. The van der Waals surface area contributed by atoms with Crippen LogP contribution in [0.15, 0.2) is 0 Å². The summed E-state index contributed by atoms with van der Waals surface area (Å²) in [6.07, 6.45) is 5.81. The minimum absolute atomic E-state index is 0.00900. The number of rotatable bonds is 8. The molecule has 7 nitrogen and oxygen atoms in total. The van der Waals surface area contributed by atoms with Crippen LogP contribution in [0.5, 0.6) is 0 Å². The molecule has 0 unspecified atom stereocenters. The van der Waals surface area contributed by atoms with Gasteiger partial charge in [0.25, 0.3) is 5.24 Å². The normalized spacial score (nSPS) is 18.5. The fraction of sp³-hybridized carbons (Fsp3) is 0.733. The lowest BCUT2D eigenvalue weighted by atomic mass is 10.2. The number of amides is 4. The summed E-state index contributed by atoms with van der Waals surface area (Å²) in [5, 5.41) is 5.30. The molecule has 0 aromatic heterocycles. The summed E-state index contributed by atoms with van der Waals surface area (Å²) < 4.78 is 0. The Morgan fingerprint density at radius 2 is 1.87 bits per heavy atom. The smallest absolute Gasteiger partial charge is 0.288 e. The topological polar surface area (TPSA) is 95.6 Å². The van der Waals surface area contributed by atoms with E-state index in [1.54, 1.807) is 0 Å². The van der Waals surface area contributed by atoms with E-state index >= 15 is 0 Å². The van der Waals surface area contributed by atoms with Crippen LogP contribution in [0.1, 0.15) is 44.9 Å². The second-order valence-electron chi connectivity index (χ2n) is 5.88. The van der Waals surface area contributed by atoms with Gasteiger partial charge in [0, 0.05) is 19.0 Å². The van der Waals surface area contributed by atoms with Crippen molar-refractivity contribution >= 4 is 34.7 Å². The molecule has 0 atom stereocenters. The molecule has 2 fully saturated rings. The van der Waals surface area contributed by atoms with Gasteiger partial charge < -0.3 is 10.6 Å². The molecular formula is C15H23N3O4S. The van der Waals surface area contributed by atoms with Gasteiger partial charge in [-0.05, 0) is 25.7 Å². The van der Waals surface area contributed by atoms with E-state index < -0.39 is 0 Å². The predicted octanol–water partition coefficient (Wildman–Crippen LogP) is 1.03. The first-order chi connectivity index (χ1) is 11.1. The second-order valence-corrected chi connectivity index (χ2v) is 6.81. The van der Waals surface area contributed by atoms with E-state index in [0.717, 1.165) is 37.4 Å². The Labute approximate surface area is 139 Å². The van der Waals surface area contributed by atoms with Crippen molar-refractivity contribution in [3.05, 3.63) is 0 Å². The fourth-order valence-corrected chi connectivity index (χ4v) is 3.52. The lowest BCUT2D eigenvalue weighted by Crippen LogP contribution is -2.40. The van der Waals surface area contributed by atoms with Gasteiger partial charge >= 0.3 is 0 Å². The first-order valence-corrected chi connectivity index (χ1v) is 9.08. The Balaban J connectivity index is 1.52. The average Bonchev–Trinajstić information content (AvgIpc) is 3.13. The third-order valence-electron chi connectivity index (χ3n) is 4.04. The molecule has 0 spiro atoms. The predicted molar refractivity (Wildman–Crippen MR) is 86.8 cm³/mol. The number of hydrogen-bond donors (Lipinski definition) is 2. The third-order valence-corrected chi connectivity index (χ3v) is 4.90. The first kappa shape index (κ1) is 17.8. The third kappa shape index (κ3) is 5.85. The Morgan fingerprint density at radius 1 is 1.13 bits per heavy atom. The van der Waals surface area contributed by atoms with Crippen LogP contribution in [0.2, 0.25) is 0 Å². The molecule has 1 aliphatic heterocycles. The van der Waals surface area contributed by atoms with Gasteiger partial charge in [-0.1, -0.05) is 24.6 Å². The maximum absolute atomic E-state index is 11.7. The second kappa shape index (κ2) is 8.90. The summed E-state index contributed by atoms with van der Waals surface area (Å²) in [5.41, 5.74) is 0. The molecule has 128 valence electrons. The van der Waals surface area contributed by atoms with Gasteiger partial charge in [-0.2, -0.15) is 0 Å². The number of thioether (sulfide) groups is 1. The quantitative estimate of drug-likeness (QED) is 0.643. The molecule has 4 amide bonds. The maximum atomic E-state index is 11.7. The van der Waals surface area contributed by atoms with E-state index in [2.05, 4.69) is 10.6 Å². The Hall–Kier alpha value is -1.57. The molecule has 2 N–H and O–H groups in total. The van der Waals surface area contributed by atoms with E-state index in [1.807, 2.05) is 0 Å². The van der Waals surface area contributed by atoms with Gasteiger partial charge in [0.1, 0.15) is 0 Å². The number of nitrogens with one attached hydrogen (secondary N) is 2. The maximum Gasteiger partial charge on any atom is 0.288 e. The Kier molecular flexibility index (Phi) is 6.88. The number of unbranched alkanes of at least 4 members (excludes halogenated alkanes) is 1. The van der Waals surface area contributed by atoms with Gasteiger partial charge in [-0.15, -0.1) is 0 Å². The molecule has 1 saturated heterocycles. The van der Waals surface area contributed by atoms with Crippen molar-refractivity contribution in [3.8, 4) is 0 Å². The number of nitrogens with zero attached hydrogens (tertiary/aromatic N) is 1. The number of carbonyl (C=O) groups is 4. The van der Waals surface area contributed by atoms with Crippen LogP contribution in [-0.2, 0) is 14.4 Å². The molecule has 23 heavy (non-hydrogen) atoms. The summed E-state index contributed by atoms with van der Waals surface area (Å²) in [5.74, 6) is -0.265. The minimum Gasteiger partial charge on any atom is -0.352 e. The molecule has 0 aromatic rings. The summed E-state index contributed by atoms with van der Waals surface area (Å²) in [6, 6.07) is 0.257. The van der Waals surface area contributed by atoms with E-state index in [1.165, 1.54) is 4.90 Å². The number of carbonyl (C=O) groups excluding carboxylic acids is 4. The molecule has 0 bridgehead atoms. The average molecular weight is 341 g/mol. The van der Waals surface area contributed by atoms with Gasteiger partial charge in [0.2, 0.25) is 17.7 Å². The summed E-state index contributed by atoms with van der Waals surface area (Å²) in [7, 11) is 0. The Morgan fingerprint density at radius 3 is 2.52 bits per heavy atom. The molecule has 1 aliphatic carbocycles. The standard InChI is InChI=1S/C15H23N3O4S/c19-12(16-9-13(20)17-11-5-1-2-6-11)7-3-4-8-18-14(21)10-23-15(18)22/h11H,1-10H2,(H,16,19)(H,17,20). The molecule has 2 rings (SSSR count). The zero-order valence-electron chi connectivity index (χ0n) is 13.1. The summed E-state index contributed by atoms with van der Waals surface area (Å²) in [6.45, 7) is 0.370. The van der Waals surface area contributed by atoms with Crippen LogP contribution in [0.25, 0.3) is 0 Å². The van der Waals surface area contributed by atoms with Crippen molar-refractivity contribution in [2.24, 2.45) is 0 Å². The van der Waals surface area contributed by atoms with Gasteiger partial charge in [0.15, 0.2) is 0 Å². The minimum atomic E-state index is -0.206. The highest BCUT2D eigenvalue weighted by Gasteiger charge is 2.29. The van der Waals surface area contributed by atoms with Crippen molar-refractivity contribution < 1.29 is 19.2 Å². The van der Waals surface area contributed by atoms with Crippen LogP contribution in [0.4, 0.5) is 4.79 Å². The highest BCUT2D eigenvalue weighted by atomic mass is 32.2. The van der Waals surface area contributed by atoms with Crippen LogP contribution in [0, 0.1) is 0 Å². The van der Waals surface area contributed by atoms with Gasteiger partial charge in [0.05, 0.1) is 12.3 Å². The van der Waals surface area contributed by atoms with Crippen molar-refractivity contribution in [3.63, 3.8) is 0 Å². The number of hydrogen-bond acceptors (Lipinski definition) is 5. The van der Waals surface area contributed by atoms with Crippen LogP contribution < -0.4 is 10.6 Å². The fourth-order valence-electron chi connectivity index (χ4n) is 2.77. The van der Waals surface area contributed by atoms with Crippen molar-refractivity contribution in [2.75, 3.05) is 18.8 Å². The monoisotopic (exact) mass is 341 g/mol. The van der Waals surface area contributed by atoms with E-state index in [0.29, 0.717) is 25.8 Å². The van der Waals surface area contributed by atoms with Gasteiger partial charge in [-0.3, -0.25) is 24.1 Å². The molecule has 0 aromatic carbocycles. The molecule has 1 heterocycles. The molecule has 2 aliphatic rings. The highest BCUT2D eigenvalue weighted by Crippen LogP contribution is 2.19. The van der Waals surface area contributed by atoms with E-state index in [4.69, 9.17) is 0 Å². The molecule has 1 saturated carbocycles. The lowest BCUT2D eigenvalue weighted by molar-refractivity contribution is -0.126. The molecule has 8 heteroatoms. The molecular weight excluding hydrogens is 318 g/mol. The first-order valence-electron chi connectivity index (χ1n) is 8.09. The van der Waals surface area contributed by atoms with Crippen molar-refractivity contribution in [1.82, 2.24) is 15.5 Å². The lowest BCUT2D eigenvalue weighted by Gasteiger charge is -2.13. The summed E-state index contributed by atoms with van der Waals surface area (Å²) in [4.78, 5) is 47.3. The Bertz CT molecular complexity index is 461. The van der Waals surface area contributed by atoms with Crippen LogP contribution in [0.3, 0.4) is 0 Å². The largest absolute Gasteiger partial charge is 0.352 e. The van der Waals surface area contributed by atoms with Gasteiger partial charge in [-0.25, -0.2) is 0 Å². The zero-order valence-corrected chi connectivity index (χ0v) is 14.0. The molecule has 0 radical (unpaired) electrons. The SMILES string of the molecule is O=C(CCCCN1C(=O)CSC1=O)NCC(=O)NC1CCCC1. The van der Waals surface area contributed by atoms with Crippen molar-refractivity contribution in [2.45, 2.75) is 51.0 Å². The van der Waals surface area contributed by atoms with E-state index in [9.17, 15) is 19.2 Å². The van der Waals surface area contributed by atoms with Crippen LogP contribution in [-0.4, -0.2) is 52.7 Å². The zero-order chi connectivity index (χ0) is 16.7. The number of imide groups is 1.